The summed E-state index contributed by atoms with van der Waals surface area (Å²) < 4.78 is 27.2. The van der Waals surface area contributed by atoms with Crippen molar-refractivity contribution in [2.24, 2.45) is 0 Å². The van der Waals surface area contributed by atoms with E-state index >= 15 is 0 Å². The zero-order valence-electron chi connectivity index (χ0n) is 9.86. The molecule has 1 atom stereocenters. The van der Waals surface area contributed by atoms with Crippen LogP contribution in [0.25, 0.3) is 0 Å². The Morgan fingerprint density at radius 3 is 2.83 bits per heavy atom. The molecule has 1 heterocycles. The van der Waals surface area contributed by atoms with Crippen LogP contribution in [-0.2, 0) is 10.0 Å². The lowest BCUT2D eigenvalue weighted by Gasteiger charge is -2.33. The highest BCUT2D eigenvalue weighted by atomic mass is 79.9. The maximum Gasteiger partial charge on any atom is 0.246 e. The van der Waals surface area contributed by atoms with Crippen LogP contribution >= 0.6 is 27.5 Å². The number of nitrogens with one attached hydrogen (secondary N) is 1. The van der Waals surface area contributed by atoms with Gasteiger partial charge in [0.1, 0.15) is 4.90 Å². The third kappa shape index (κ3) is 2.58. The van der Waals surface area contributed by atoms with Crippen LogP contribution in [-0.4, -0.2) is 38.4 Å². The van der Waals surface area contributed by atoms with E-state index in [4.69, 9.17) is 11.6 Å². The number of hydrogen-bond acceptors (Lipinski definition) is 3. The smallest absolute Gasteiger partial charge is 0.246 e. The molecule has 1 aromatic carbocycles. The lowest BCUT2D eigenvalue weighted by molar-refractivity contribution is 0.284. The molecule has 0 spiro atoms. The second-order valence-electron chi connectivity index (χ2n) is 4.22. The van der Waals surface area contributed by atoms with Gasteiger partial charge in [0.2, 0.25) is 10.0 Å². The molecule has 7 heteroatoms. The van der Waals surface area contributed by atoms with Gasteiger partial charge in [0.15, 0.2) is 0 Å². The predicted octanol–water partition coefficient (Wildman–Crippen LogP) is 2.08. The normalized spacial score (nSPS) is 22.1. The van der Waals surface area contributed by atoms with Crippen molar-refractivity contribution in [2.75, 3.05) is 19.6 Å². The monoisotopic (exact) mass is 352 g/mol. The molecule has 4 nitrogen and oxygen atoms in total. The third-order valence-corrected chi connectivity index (χ3v) is 6.39. The first-order valence-electron chi connectivity index (χ1n) is 5.61. The van der Waals surface area contributed by atoms with Crippen molar-refractivity contribution in [3.63, 3.8) is 0 Å². The van der Waals surface area contributed by atoms with Gasteiger partial charge in [-0.2, -0.15) is 4.31 Å². The number of piperazine rings is 1. The van der Waals surface area contributed by atoms with E-state index in [0.717, 1.165) is 0 Å². The summed E-state index contributed by atoms with van der Waals surface area (Å²) in [4.78, 5) is 0.153. The van der Waals surface area contributed by atoms with Gasteiger partial charge in [-0.3, -0.25) is 0 Å². The van der Waals surface area contributed by atoms with Crippen LogP contribution in [0.1, 0.15) is 6.92 Å². The standard InChI is InChI=1S/C11H14BrClN2O2S/c1-8-7-14-5-6-15(8)18(16,17)11-9(12)3-2-4-10(11)13/h2-4,8,14H,5-7H2,1H3/t8-/m0/s1. The van der Waals surface area contributed by atoms with Crippen LogP contribution in [0.5, 0.6) is 0 Å². The Morgan fingerprint density at radius 1 is 1.50 bits per heavy atom. The maximum atomic E-state index is 12.6. The van der Waals surface area contributed by atoms with Crippen molar-refractivity contribution >= 4 is 37.6 Å². The third-order valence-electron chi connectivity index (χ3n) is 2.93. The molecule has 0 bridgehead atoms. The summed E-state index contributed by atoms with van der Waals surface area (Å²) in [5.41, 5.74) is 0. The van der Waals surface area contributed by atoms with E-state index in [1.807, 2.05) is 6.92 Å². The van der Waals surface area contributed by atoms with E-state index in [0.29, 0.717) is 24.1 Å². The average Bonchev–Trinajstić information content (AvgIpc) is 2.28. The van der Waals surface area contributed by atoms with E-state index in [-0.39, 0.29) is 16.0 Å². The first kappa shape index (κ1) is 14.3. The van der Waals surface area contributed by atoms with Gasteiger partial charge in [0.25, 0.3) is 0 Å². The first-order valence-corrected chi connectivity index (χ1v) is 8.22. The average molecular weight is 354 g/mol. The minimum absolute atomic E-state index is 0.0769. The topological polar surface area (TPSA) is 49.4 Å². The fourth-order valence-electron chi connectivity index (χ4n) is 2.03. The molecule has 0 saturated carbocycles. The molecule has 0 radical (unpaired) electrons. The number of sulfonamides is 1. The van der Waals surface area contributed by atoms with Gasteiger partial charge in [-0.05, 0) is 35.0 Å². The molecule has 0 aromatic heterocycles. The molecular formula is C11H14BrClN2O2S. The summed E-state index contributed by atoms with van der Waals surface area (Å²) in [6.45, 7) is 3.66. The summed E-state index contributed by atoms with van der Waals surface area (Å²) in [7, 11) is -3.56. The van der Waals surface area contributed by atoms with Crippen molar-refractivity contribution in [3.05, 3.63) is 27.7 Å². The molecule has 0 amide bonds. The Kier molecular flexibility index (Phi) is 4.33. The van der Waals surface area contributed by atoms with Crippen molar-refractivity contribution < 1.29 is 8.42 Å². The molecule has 1 saturated heterocycles. The van der Waals surface area contributed by atoms with Crippen LogP contribution in [0.4, 0.5) is 0 Å². The van der Waals surface area contributed by atoms with Gasteiger partial charge in [-0.1, -0.05) is 17.7 Å². The second kappa shape index (κ2) is 5.46. The number of halogens is 2. The number of hydrogen-bond donors (Lipinski definition) is 1. The van der Waals surface area contributed by atoms with Gasteiger partial charge in [-0.15, -0.1) is 0 Å². The summed E-state index contributed by atoms with van der Waals surface area (Å²) >= 11 is 9.29. The molecule has 1 N–H and O–H groups in total. The Balaban J connectivity index is 2.48. The summed E-state index contributed by atoms with van der Waals surface area (Å²) in [6, 6.07) is 4.91. The molecule has 1 aliphatic heterocycles. The Bertz CT molecular complexity index is 530. The lowest BCUT2D eigenvalue weighted by Crippen LogP contribution is -2.52. The minimum atomic E-state index is -3.56. The van der Waals surface area contributed by atoms with Crippen molar-refractivity contribution in [1.82, 2.24) is 9.62 Å². The highest BCUT2D eigenvalue weighted by molar-refractivity contribution is 9.10. The molecule has 1 aliphatic rings. The lowest BCUT2D eigenvalue weighted by atomic mass is 10.3. The van der Waals surface area contributed by atoms with E-state index < -0.39 is 10.0 Å². The summed E-state index contributed by atoms with van der Waals surface area (Å²) in [5.74, 6) is 0. The van der Waals surface area contributed by atoms with Crippen molar-refractivity contribution in [2.45, 2.75) is 17.9 Å². The number of nitrogens with zero attached hydrogens (tertiary/aromatic N) is 1. The van der Waals surface area contributed by atoms with Gasteiger partial charge in [0, 0.05) is 30.1 Å². The molecule has 0 aliphatic carbocycles. The van der Waals surface area contributed by atoms with E-state index in [2.05, 4.69) is 21.2 Å². The zero-order chi connectivity index (χ0) is 13.3. The van der Waals surface area contributed by atoms with E-state index in [9.17, 15) is 8.42 Å². The Labute approximate surface area is 120 Å². The first-order chi connectivity index (χ1) is 8.44. The van der Waals surface area contributed by atoms with Crippen LogP contribution in [0.15, 0.2) is 27.6 Å². The summed E-state index contributed by atoms with van der Waals surface area (Å²) in [5, 5.41) is 3.41. The van der Waals surface area contributed by atoms with E-state index in [1.165, 1.54) is 4.31 Å². The van der Waals surface area contributed by atoms with E-state index in [1.54, 1.807) is 18.2 Å². The molecule has 100 valence electrons. The SMILES string of the molecule is C[C@H]1CNCCN1S(=O)(=O)c1c(Cl)cccc1Br. The zero-order valence-corrected chi connectivity index (χ0v) is 13.0. The Morgan fingerprint density at radius 2 is 2.22 bits per heavy atom. The summed E-state index contributed by atoms with van der Waals surface area (Å²) in [6.07, 6.45) is 0. The molecule has 1 aromatic rings. The Hall–Kier alpha value is -0.140. The molecular weight excluding hydrogens is 340 g/mol. The number of rotatable bonds is 2. The van der Waals surface area contributed by atoms with Crippen LogP contribution in [0.2, 0.25) is 5.02 Å². The molecule has 2 rings (SSSR count). The fourth-order valence-corrected chi connectivity index (χ4v) is 5.33. The van der Waals surface area contributed by atoms with Crippen LogP contribution < -0.4 is 5.32 Å². The van der Waals surface area contributed by atoms with Gasteiger partial charge in [-0.25, -0.2) is 8.42 Å². The van der Waals surface area contributed by atoms with Gasteiger partial charge < -0.3 is 5.32 Å². The van der Waals surface area contributed by atoms with Crippen molar-refractivity contribution in [3.8, 4) is 0 Å². The predicted molar refractivity (Wildman–Crippen MR) is 75.4 cm³/mol. The van der Waals surface area contributed by atoms with Crippen LogP contribution in [0, 0.1) is 0 Å². The maximum absolute atomic E-state index is 12.6. The van der Waals surface area contributed by atoms with Gasteiger partial charge in [0.05, 0.1) is 5.02 Å². The second-order valence-corrected chi connectivity index (χ2v) is 7.31. The van der Waals surface area contributed by atoms with Crippen molar-refractivity contribution in [1.29, 1.82) is 0 Å². The molecule has 1 fully saturated rings. The molecule has 0 unspecified atom stereocenters. The highest BCUT2D eigenvalue weighted by Crippen LogP contribution is 2.32. The quantitative estimate of drug-likeness (QED) is 0.885. The van der Waals surface area contributed by atoms with Gasteiger partial charge >= 0.3 is 0 Å². The minimum Gasteiger partial charge on any atom is -0.314 e. The van der Waals surface area contributed by atoms with Crippen LogP contribution in [0.3, 0.4) is 0 Å². The fraction of sp³-hybridized carbons (Fsp3) is 0.455. The largest absolute Gasteiger partial charge is 0.314 e. The highest BCUT2D eigenvalue weighted by Gasteiger charge is 2.33. The molecule has 18 heavy (non-hydrogen) atoms. The number of benzene rings is 1.